The average molecular weight is 278 g/mol. The number of carboxylic acids is 1. The van der Waals surface area contributed by atoms with Crippen LogP contribution in [0.15, 0.2) is 47.4 Å². The third-order valence-electron chi connectivity index (χ3n) is 2.53. The molecule has 0 aromatic heterocycles. The van der Waals surface area contributed by atoms with Crippen molar-refractivity contribution in [1.29, 1.82) is 0 Å². The van der Waals surface area contributed by atoms with Crippen LogP contribution in [0.25, 0.3) is 0 Å². The number of halogens is 1. The molecule has 19 heavy (non-hydrogen) atoms. The maximum atomic E-state index is 13.7. The van der Waals surface area contributed by atoms with Gasteiger partial charge in [0.15, 0.2) is 0 Å². The lowest BCUT2D eigenvalue weighted by atomic mass is 10.1. The summed E-state index contributed by atoms with van der Waals surface area (Å²) in [5.41, 5.74) is 0.388. The molecule has 0 atom stereocenters. The van der Waals surface area contributed by atoms with Gasteiger partial charge in [-0.1, -0.05) is 6.07 Å². The van der Waals surface area contributed by atoms with Crippen molar-refractivity contribution in [2.24, 2.45) is 0 Å². The predicted octanol–water partition coefficient (Wildman–Crippen LogP) is 3.52. The summed E-state index contributed by atoms with van der Waals surface area (Å²) in [7, 11) is 0. The van der Waals surface area contributed by atoms with Gasteiger partial charge in [-0.05, 0) is 42.0 Å². The number of thioether (sulfide) groups is 1. The second-order valence-corrected chi connectivity index (χ2v) is 4.94. The zero-order valence-corrected chi connectivity index (χ0v) is 10.7. The molecule has 0 aliphatic carbocycles. The Morgan fingerprint density at radius 2 is 1.84 bits per heavy atom. The molecule has 0 amide bonds. The van der Waals surface area contributed by atoms with Gasteiger partial charge < -0.3 is 10.2 Å². The first-order valence-electron chi connectivity index (χ1n) is 5.50. The van der Waals surface area contributed by atoms with Gasteiger partial charge in [0.25, 0.3) is 0 Å². The third kappa shape index (κ3) is 3.48. The van der Waals surface area contributed by atoms with Crippen LogP contribution in [-0.4, -0.2) is 16.2 Å². The summed E-state index contributed by atoms with van der Waals surface area (Å²) in [5.74, 6) is -1.08. The molecular weight excluding hydrogens is 267 g/mol. The lowest BCUT2D eigenvalue weighted by molar-refractivity contribution is 0.0696. The number of benzene rings is 2. The van der Waals surface area contributed by atoms with Crippen molar-refractivity contribution in [2.45, 2.75) is 10.6 Å². The molecule has 2 rings (SSSR count). The van der Waals surface area contributed by atoms with Gasteiger partial charge in [0.1, 0.15) is 11.6 Å². The van der Waals surface area contributed by atoms with E-state index in [2.05, 4.69) is 0 Å². The number of rotatable bonds is 4. The van der Waals surface area contributed by atoms with E-state index in [9.17, 15) is 9.18 Å². The molecule has 0 heterocycles. The Balaban J connectivity index is 2.07. The molecule has 0 radical (unpaired) electrons. The number of hydrogen-bond acceptors (Lipinski definition) is 3. The lowest BCUT2D eigenvalue weighted by Gasteiger charge is -2.05. The van der Waals surface area contributed by atoms with Gasteiger partial charge in [0.05, 0.1) is 5.56 Å². The Bertz CT molecular complexity index is 596. The maximum Gasteiger partial charge on any atom is 0.335 e. The highest BCUT2D eigenvalue weighted by molar-refractivity contribution is 7.98. The maximum absolute atomic E-state index is 13.7. The highest BCUT2D eigenvalue weighted by Crippen LogP contribution is 2.25. The number of carboxylic acid groups (broad SMARTS) is 1. The largest absolute Gasteiger partial charge is 0.508 e. The summed E-state index contributed by atoms with van der Waals surface area (Å²) < 4.78 is 13.7. The first-order valence-corrected chi connectivity index (χ1v) is 6.48. The number of aromatic carboxylic acids is 1. The zero-order chi connectivity index (χ0) is 13.8. The van der Waals surface area contributed by atoms with Gasteiger partial charge in [0.2, 0.25) is 0 Å². The average Bonchev–Trinajstić information content (AvgIpc) is 2.39. The first kappa shape index (κ1) is 13.4. The Morgan fingerprint density at radius 3 is 2.42 bits per heavy atom. The van der Waals surface area contributed by atoms with E-state index >= 15 is 0 Å². The van der Waals surface area contributed by atoms with E-state index in [-0.39, 0.29) is 11.3 Å². The second kappa shape index (κ2) is 5.75. The van der Waals surface area contributed by atoms with Crippen molar-refractivity contribution in [3.8, 4) is 5.75 Å². The zero-order valence-electron chi connectivity index (χ0n) is 9.84. The van der Waals surface area contributed by atoms with Crippen LogP contribution >= 0.6 is 11.8 Å². The van der Waals surface area contributed by atoms with E-state index in [0.717, 1.165) is 11.0 Å². The van der Waals surface area contributed by atoms with E-state index in [1.54, 1.807) is 24.3 Å². The van der Waals surface area contributed by atoms with E-state index < -0.39 is 11.8 Å². The van der Waals surface area contributed by atoms with Crippen molar-refractivity contribution in [1.82, 2.24) is 0 Å². The Labute approximate surface area is 113 Å². The monoisotopic (exact) mass is 278 g/mol. The number of aromatic hydroxyl groups is 1. The standard InChI is InChI=1S/C14H11FO3S/c15-13-7-9(14(17)18)1-2-10(13)8-19-12-5-3-11(16)4-6-12/h1-7,16H,8H2,(H,17,18). The summed E-state index contributed by atoms with van der Waals surface area (Å²) in [6, 6.07) is 10.5. The van der Waals surface area contributed by atoms with E-state index in [1.165, 1.54) is 23.9 Å². The van der Waals surface area contributed by atoms with Crippen molar-refractivity contribution >= 4 is 17.7 Å². The molecule has 0 saturated carbocycles. The van der Waals surface area contributed by atoms with Crippen molar-refractivity contribution < 1.29 is 19.4 Å². The molecule has 0 fully saturated rings. The van der Waals surface area contributed by atoms with Gasteiger partial charge in [-0.15, -0.1) is 11.8 Å². The Hall–Kier alpha value is -2.01. The molecule has 2 aromatic carbocycles. The fourth-order valence-electron chi connectivity index (χ4n) is 1.50. The summed E-state index contributed by atoms with van der Waals surface area (Å²) >= 11 is 1.41. The van der Waals surface area contributed by atoms with Crippen molar-refractivity contribution in [3.05, 3.63) is 59.4 Å². The molecule has 0 aliphatic rings. The quantitative estimate of drug-likeness (QED) is 0.840. The van der Waals surface area contributed by atoms with Gasteiger partial charge >= 0.3 is 5.97 Å². The third-order valence-corrected chi connectivity index (χ3v) is 3.59. The topological polar surface area (TPSA) is 57.5 Å². The second-order valence-electron chi connectivity index (χ2n) is 3.89. The van der Waals surface area contributed by atoms with Crippen LogP contribution in [0.1, 0.15) is 15.9 Å². The van der Waals surface area contributed by atoms with Crippen LogP contribution in [0.2, 0.25) is 0 Å². The van der Waals surface area contributed by atoms with E-state index in [0.29, 0.717) is 11.3 Å². The van der Waals surface area contributed by atoms with Crippen molar-refractivity contribution in [2.75, 3.05) is 0 Å². The molecule has 0 spiro atoms. The highest BCUT2D eigenvalue weighted by atomic mass is 32.2. The van der Waals surface area contributed by atoms with E-state index in [1.807, 2.05) is 0 Å². The minimum atomic E-state index is -1.14. The molecule has 5 heteroatoms. The SMILES string of the molecule is O=C(O)c1ccc(CSc2ccc(O)cc2)c(F)c1. The molecule has 98 valence electrons. The van der Waals surface area contributed by atoms with Crippen LogP contribution < -0.4 is 0 Å². The number of phenols is 1. The first-order chi connectivity index (χ1) is 9.06. The van der Waals surface area contributed by atoms with Crippen molar-refractivity contribution in [3.63, 3.8) is 0 Å². The normalized spacial score (nSPS) is 10.4. The fraction of sp³-hybridized carbons (Fsp3) is 0.0714. The molecule has 0 unspecified atom stereocenters. The molecular formula is C14H11FO3S. The minimum absolute atomic E-state index is 0.0594. The van der Waals surface area contributed by atoms with Gasteiger partial charge in [-0.2, -0.15) is 0 Å². The van der Waals surface area contributed by atoms with E-state index in [4.69, 9.17) is 10.2 Å². The van der Waals surface area contributed by atoms with Crippen LogP contribution in [0.3, 0.4) is 0 Å². The predicted molar refractivity (Wildman–Crippen MR) is 71.0 cm³/mol. The summed E-state index contributed by atoms with van der Waals surface area (Å²) in [4.78, 5) is 11.6. The Morgan fingerprint density at radius 1 is 1.16 bits per heavy atom. The molecule has 2 N–H and O–H groups in total. The molecule has 3 nitrogen and oxygen atoms in total. The summed E-state index contributed by atoms with van der Waals surface area (Å²) in [5, 5.41) is 17.9. The smallest absolute Gasteiger partial charge is 0.335 e. The number of phenolic OH excluding ortho intramolecular Hbond substituents is 1. The van der Waals surface area contributed by atoms with Crippen LogP contribution in [0.5, 0.6) is 5.75 Å². The number of carbonyl (C=O) groups is 1. The van der Waals surface area contributed by atoms with Crippen LogP contribution in [0.4, 0.5) is 4.39 Å². The molecule has 0 saturated heterocycles. The lowest BCUT2D eigenvalue weighted by Crippen LogP contribution is -1.98. The van der Waals surface area contributed by atoms with Gasteiger partial charge in [-0.25, -0.2) is 9.18 Å². The van der Waals surface area contributed by atoms with Crippen LogP contribution in [-0.2, 0) is 5.75 Å². The Kier molecular flexibility index (Phi) is 4.06. The molecule has 2 aromatic rings. The highest BCUT2D eigenvalue weighted by Gasteiger charge is 2.08. The fourth-order valence-corrected chi connectivity index (χ4v) is 2.39. The minimum Gasteiger partial charge on any atom is -0.508 e. The summed E-state index contributed by atoms with van der Waals surface area (Å²) in [6.45, 7) is 0. The molecule has 0 bridgehead atoms. The van der Waals surface area contributed by atoms with Gasteiger partial charge in [-0.3, -0.25) is 0 Å². The molecule has 0 aliphatic heterocycles. The summed E-state index contributed by atoms with van der Waals surface area (Å²) in [6.07, 6.45) is 0. The van der Waals surface area contributed by atoms with Gasteiger partial charge in [0, 0.05) is 10.6 Å². The van der Waals surface area contributed by atoms with Crippen LogP contribution in [0, 0.1) is 5.82 Å². The number of hydrogen-bond donors (Lipinski definition) is 2.